The summed E-state index contributed by atoms with van der Waals surface area (Å²) in [6.07, 6.45) is 4.86. The highest BCUT2D eigenvalue weighted by molar-refractivity contribution is 5.56. The maximum atomic E-state index is 9.06. The van der Waals surface area contributed by atoms with E-state index in [1.807, 2.05) is 35.9 Å². The molecule has 0 bridgehead atoms. The molecule has 1 heterocycles. The van der Waals surface area contributed by atoms with E-state index in [0.29, 0.717) is 17.6 Å². The molecule has 2 aliphatic rings. The molecule has 2 aliphatic carbocycles. The van der Waals surface area contributed by atoms with Crippen LogP contribution in [0.15, 0.2) is 48.5 Å². The largest absolute Gasteiger partial charge is 0.274 e. The molecule has 5 nitrogen and oxygen atoms in total. The van der Waals surface area contributed by atoms with Crippen molar-refractivity contribution in [2.45, 2.75) is 51.4 Å². The van der Waals surface area contributed by atoms with Crippen LogP contribution >= 0.6 is 0 Å². The number of fused-ring (bicyclic) bond motifs is 1. The van der Waals surface area contributed by atoms with Gasteiger partial charge in [0.2, 0.25) is 0 Å². The van der Waals surface area contributed by atoms with Gasteiger partial charge in [0.15, 0.2) is 5.82 Å². The first-order valence-corrected chi connectivity index (χ1v) is 9.98. The van der Waals surface area contributed by atoms with Gasteiger partial charge in [-0.15, -0.1) is 0 Å². The zero-order valence-corrected chi connectivity index (χ0v) is 16.0. The lowest BCUT2D eigenvalue weighted by Crippen LogP contribution is -2.32. The molecule has 5 rings (SSSR count). The second-order valence-electron chi connectivity index (χ2n) is 7.81. The predicted octanol–water partition coefficient (Wildman–Crippen LogP) is 4.23. The average molecular weight is 369 g/mol. The van der Waals surface area contributed by atoms with Gasteiger partial charge in [-0.2, -0.15) is 10.4 Å². The van der Waals surface area contributed by atoms with Crippen LogP contribution in [0.2, 0.25) is 0 Å². The third kappa shape index (κ3) is 3.10. The van der Waals surface area contributed by atoms with Crippen molar-refractivity contribution < 1.29 is 0 Å². The Labute approximate surface area is 165 Å². The predicted molar refractivity (Wildman–Crippen MR) is 107 cm³/mol. The fourth-order valence-corrected chi connectivity index (χ4v) is 4.37. The van der Waals surface area contributed by atoms with E-state index >= 15 is 0 Å². The third-order valence-corrected chi connectivity index (χ3v) is 5.86. The Kier molecular flexibility index (Phi) is 4.22. The summed E-state index contributed by atoms with van der Waals surface area (Å²) < 4.78 is 2.04. The van der Waals surface area contributed by atoms with Crippen molar-refractivity contribution in [2.24, 2.45) is 0 Å². The van der Waals surface area contributed by atoms with Crippen LogP contribution in [-0.2, 0) is 13.1 Å². The van der Waals surface area contributed by atoms with Crippen molar-refractivity contribution in [3.8, 4) is 17.5 Å². The zero-order valence-electron chi connectivity index (χ0n) is 16.0. The van der Waals surface area contributed by atoms with Crippen LogP contribution in [0.1, 0.15) is 47.8 Å². The Morgan fingerprint density at radius 1 is 1.11 bits per heavy atom. The summed E-state index contributed by atoms with van der Waals surface area (Å²) in [7, 11) is 0. The van der Waals surface area contributed by atoms with Crippen molar-refractivity contribution in [1.82, 2.24) is 19.7 Å². The molecular formula is C23H23N5. The maximum absolute atomic E-state index is 9.06. The summed E-state index contributed by atoms with van der Waals surface area (Å²) in [5, 5.41) is 13.8. The van der Waals surface area contributed by atoms with Crippen LogP contribution < -0.4 is 0 Å². The quantitative estimate of drug-likeness (QED) is 0.675. The normalized spacial score (nSPS) is 18.2. The van der Waals surface area contributed by atoms with Gasteiger partial charge in [0.25, 0.3) is 0 Å². The van der Waals surface area contributed by atoms with Gasteiger partial charge >= 0.3 is 0 Å². The fourth-order valence-electron chi connectivity index (χ4n) is 4.37. The highest BCUT2D eigenvalue weighted by Gasteiger charge is 2.38. The van der Waals surface area contributed by atoms with Crippen LogP contribution in [-0.4, -0.2) is 25.7 Å². The van der Waals surface area contributed by atoms with Gasteiger partial charge in [-0.05, 0) is 68.0 Å². The van der Waals surface area contributed by atoms with E-state index in [2.05, 4.69) is 40.2 Å². The SMILES string of the molecule is Cc1nc(-c2ccc(C#N)cc2)n(CN(C2CC2)C2CCc3ccccc32)n1. The maximum Gasteiger partial charge on any atom is 0.159 e. The summed E-state index contributed by atoms with van der Waals surface area (Å²) in [5.74, 6) is 1.65. The minimum atomic E-state index is 0.460. The number of hydrogen-bond acceptors (Lipinski definition) is 4. The van der Waals surface area contributed by atoms with Gasteiger partial charge < -0.3 is 0 Å². The lowest BCUT2D eigenvalue weighted by molar-refractivity contribution is 0.133. The van der Waals surface area contributed by atoms with Crippen molar-refractivity contribution in [3.63, 3.8) is 0 Å². The molecule has 5 heteroatoms. The monoisotopic (exact) mass is 369 g/mol. The number of aryl methyl sites for hydroxylation is 2. The van der Waals surface area contributed by atoms with Crippen LogP contribution in [0, 0.1) is 18.3 Å². The molecule has 2 aromatic carbocycles. The molecule has 0 saturated heterocycles. The van der Waals surface area contributed by atoms with Crippen LogP contribution in [0.5, 0.6) is 0 Å². The van der Waals surface area contributed by atoms with Crippen molar-refractivity contribution >= 4 is 0 Å². The molecule has 3 aromatic rings. The number of benzene rings is 2. The molecule has 0 N–H and O–H groups in total. The molecular weight excluding hydrogens is 346 g/mol. The lowest BCUT2D eigenvalue weighted by Gasteiger charge is -2.30. The van der Waals surface area contributed by atoms with E-state index < -0.39 is 0 Å². The number of aromatic nitrogens is 3. The molecule has 1 aromatic heterocycles. The first kappa shape index (κ1) is 17.2. The number of nitrogens with zero attached hydrogens (tertiary/aromatic N) is 5. The minimum absolute atomic E-state index is 0.460. The van der Waals surface area contributed by atoms with Crippen LogP contribution in [0.25, 0.3) is 11.4 Å². The standard InChI is InChI=1S/C23H23N5/c1-16-25-23(19-8-6-17(14-24)7-9-19)28(26-16)15-27(20-11-12-20)22-13-10-18-4-2-3-5-21(18)22/h2-9,20,22H,10-13,15H2,1H3. The third-order valence-electron chi connectivity index (χ3n) is 5.86. The first-order valence-electron chi connectivity index (χ1n) is 9.98. The van der Waals surface area contributed by atoms with Gasteiger partial charge in [-0.25, -0.2) is 9.67 Å². The second-order valence-corrected chi connectivity index (χ2v) is 7.81. The summed E-state index contributed by atoms with van der Waals surface area (Å²) in [6, 6.07) is 19.7. The molecule has 1 unspecified atom stereocenters. The van der Waals surface area contributed by atoms with E-state index in [0.717, 1.165) is 30.3 Å². The van der Waals surface area contributed by atoms with Gasteiger partial charge in [0, 0.05) is 17.6 Å². The Balaban J connectivity index is 1.47. The molecule has 1 fully saturated rings. The van der Waals surface area contributed by atoms with E-state index in [1.165, 1.54) is 30.4 Å². The summed E-state index contributed by atoms with van der Waals surface area (Å²) in [5.41, 5.74) is 4.63. The van der Waals surface area contributed by atoms with Gasteiger partial charge in [-0.1, -0.05) is 24.3 Å². The topological polar surface area (TPSA) is 57.7 Å². The highest BCUT2D eigenvalue weighted by Crippen LogP contribution is 2.42. The summed E-state index contributed by atoms with van der Waals surface area (Å²) >= 11 is 0. The van der Waals surface area contributed by atoms with Crippen molar-refractivity contribution in [1.29, 1.82) is 5.26 Å². The Hall–Kier alpha value is -2.97. The van der Waals surface area contributed by atoms with Gasteiger partial charge in [-0.3, -0.25) is 4.90 Å². The number of nitriles is 1. The minimum Gasteiger partial charge on any atom is -0.274 e. The first-order chi connectivity index (χ1) is 13.7. The van der Waals surface area contributed by atoms with Gasteiger partial charge in [0.05, 0.1) is 18.3 Å². The van der Waals surface area contributed by atoms with E-state index in [4.69, 9.17) is 10.4 Å². The van der Waals surface area contributed by atoms with Crippen LogP contribution in [0.4, 0.5) is 0 Å². The Morgan fingerprint density at radius 2 is 1.89 bits per heavy atom. The molecule has 0 aliphatic heterocycles. The highest BCUT2D eigenvalue weighted by atomic mass is 15.4. The summed E-state index contributed by atoms with van der Waals surface area (Å²) in [6.45, 7) is 2.69. The average Bonchev–Trinajstić information content (AvgIpc) is 3.38. The lowest BCUT2D eigenvalue weighted by atomic mass is 10.1. The molecule has 0 amide bonds. The summed E-state index contributed by atoms with van der Waals surface area (Å²) in [4.78, 5) is 7.30. The molecule has 28 heavy (non-hydrogen) atoms. The fraction of sp³-hybridized carbons (Fsp3) is 0.348. The molecule has 0 spiro atoms. The Bertz CT molecular complexity index is 1040. The van der Waals surface area contributed by atoms with E-state index in [9.17, 15) is 0 Å². The van der Waals surface area contributed by atoms with E-state index in [1.54, 1.807) is 0 Å². The van der Waals surface area contributed by atoms with Crippen molar-refractivity contribution in [2.75, 3.05) is 0 Å². The molecule has 0 radical (unpaired) electrons. The number of hydrogen-bond donors (Lipinski definition) is 0. The molecule has 140 valence electrons. The van der Waals surface area contributed by atoms with Gasteiger partial charge in [0.1, 0.15) is 5.82 Å². The second kappa shape index (κ2) is 6.88. The number of rotatable bonds is 5. The zero-order chi connectivity index (χ0) is 19.1. The molecule has 1 atom stereocenters. The Morgan fingerprint density at radius 3 is 2.64 bits per heavy atom. The van der Waals surface area contributed by atoms with Crippen LogP contribution in [0.3, 0.4) is 0 Å². The van der Waals surface area contributed by atoms with E-state index in [-0.39, 0.29) is 0 Å². The van der Waals surface area contributed by atoms with Crippen molar-refractivity contribution in [3.05, 3.63) is 71.0 Å². The smallest absolute Gasteiger partial charge is 0.159 e. The molecule has 1 saturated carbocycles.